The Balaban J connectivity index is 1.33. The number of aliphatic hydroxyl groups excluding tert-OH is 1. The molecule has 0 unspecified atom stereocenters. The van der Waals surface area contributed by atoms with Crippen LogP contribution in [0.5, 0.6) is 5.75 Å². The molecule has 1 aromatic heterocycles. The van der Waals surface area contributed by atoms with Crippen LogP contribution in [-0.4, -0.2) is 57.1 Å². The Bertz CT molecular complexity index is 1270. The number of H-pyrrole nitrogens is 1. The van der Waals surface area contributed by atoms with E-state index >= 15 is 0 Å². The van der Waals surface area contributed by atoms with Crippen molar-refractivity contribution in [3.05, 3.63) is 65.9 Å². The number of aliphatic hydroxyl groups is 1. The number of likely N-dealkylation sites (tertiary alicyclic amines) is 1. The van der Waals surface area contributed by atoms with Gasteiger partial charge in [0.1, 0.15) is 17.4 Å². The number of rotatable bonds is 5. The van der Waals surface area contributed by atoms with Crippen molar-refractivity contribution in [2.24, 2.45) is 5.73 Å². The Morgan fingerprint density at radius 2 is 1.89 bits per heavy atom. The summed E-state index contributed by atoms with van der Waals surface area (Å²) in [6.07, 6.45) is 3.39. The van der Waals surface area contributed by atoms with E-state index in [2.05, 4.69) is 10.3 Å². The number of piperidine rings is 1. The maximum Gasteiger partial charge on any atom is 0.245 e. The van der Waals surface area contributed by atoms with Crippen molar-refractivity contribution in [2.75, 3.05) is 13.1 Å². The summed E-state index contributed by atoms with van der Waals surface area (Å²) in [5.41, 5.74) is 7.18. The monoisotopic (exact) mass is 490 g/mol. The van der Waals surface area contributed by atoms with Gasteiger partial charge in [0.15, 0.2) is 0 Å². The topological polar surface area (TPSA) is 121 Å². The molecule has 2 amide bonds. The Labute approximate surface area is 210 Å². The predicted octanol–water partition coefficient (Wildman–Crippen LogP) is 2.81. The Hall–Kier alpha value is -3.36. The molecule has 5 rings (SSSR count). The van der Waals surface area contributed by atoms with Crippen LogP contribution >= 0.6 is 0 Å². The molecule has 36 heavy (non-hydrogen) atoms. The van der Waals surface area contributed by atoms with E-state index in [4.69, 9.17) is 10.5 Å². The number of hydrogen-bond donors (Lipinski definition) is 4. The number of nitrogens with one attached hydrogen (secondary N) is 2. The number of ether oxygens (including phenoxy) is 1. The van der Waals surface area contributed by atoms with Crippen LogP contribution in [0.1, 0.15) is 50.3 Å². The molecule has 3 heterocycles. The Morgan fingerprint density at radius 3 is 2.64 bits per heavy atom. The lowest BCUT2D eigenvalue weighted by Gasteiger charge is -2.46. The molecule has 0 aliphatic carbocycles. The third-order valence-electron chi connectivity index (χ3n) is 7.44. The van der Waals surface area contributed by atoms with E-state index in [9.17, 15) is 14.7 Å². The quantitative estimate of drug-likeness (QED) is 0.438. The van der Waals surface area contributed by atoms with E-state index in [1.165, 1.54) is 0 Å². The molecule has 0 radical (unpaired) electrons. The first kappa shape index (κ1) is 24.3. The average molecular weight is 491 g/mol. The lowest BCUT2D eigenvalue weighted by atomic mass is 9.81. The predicted molar refractivity (Wildman–Crippen MR) is 137 cm³/mol. The zero-order valence-corrected chi connectivity index (χ0v) is 20.8. The molecule has 5 N–H and O–H groups in total. The van der Waals surface area contributed by atoms with Crippen molar-refractivity contribution in [1.29, 1.82) is 0 Å². The van der Waals surface area contributed by atoms with Gasteiger partial charge in [-0.25, -0.2) is 0 Å². The number of nitrogens with zero attached hydrogens (tertiary/aromatic N) is 1. The highest BCUT2D eigenvalue weighted by Gasteiger charge is 2.44. The number of carbonyl (C=O) groups is 2. The van der Waals surface area contributed by atoms with Crippen LogP contribution in [0, 0.1) is 0 Å². The van der Waals surface area contributed by atoms with Crippen LogP contribution in [0.15, 0.2) is 54.7 Å². The van der Waals surface area contributed by atoms with Crippen LogP contribution in [0.25, 0.3) is 10.9 Å². The fourth-order valence-corrected chi connectivity index (χ4v) is 5.31. The number of nitrogens with two attached hydrogens (primary N) is 1. The minimum atomic E-state index is -1.11. The second-order valence-corrected chi connectivity index (χ2v) is 10.7. The molecule has 2 aliphatic heterocycles. The maximum atomic E-state index is 13.7. The van der Waals surface area contributed by atoms with E-state index in [0.29, 0.717) is 44.5 Å². The molecule has 1 fully saturated rings. The molecule has 1 saturated heterocycles. The standard InChI is InChI=1S/C28H34N4O4/c1-27(2,29)26(35)31-22(15-18-17-30-21-9-5-3-7-19(18)21)25(34)32-13-11-28(12-14-32)16-23(33)20-8-4-6-10-24(20)36-28/h3-10,17,22-23,30,33H,11-16,29H2,1-2H3,(H,31,35)/t22-,23+/m1/s1. The van der Waals surface area contributed by atoms with Gasteiger partial charge in [0.25, 0.3) is 0 Å². The summed E-state index contributed by atoms with van der Waals surface area (Å²) in [4.78, 5) is 31.6. The number of aromatic nitrogens is 1. The molecular formula is C28H34N4O4. The van der Waals surface area contributed by atoms with Crippen molar-refractivity contribution >= 4 is 22.7 Å². The van der Waals surface area contributed by atoms with E-state index in [-0.39, 0.29) is 11.8 Å². The van der Waals surface area contributed by atoms with E-state index in [1.54, 1.807) is 18.7 Å². The number of benzene rings is 2. The summed E-state index contributed by atoms with van der Waals surface area (Å²) in [5.74, 6) is 0.208. The number of fused-ring (bicyclic) bond motifs is 2. The summed E-state index contributed by atoms with van der Waals surface area (Å²) in [5, 5.41) is 14.7. The van der Waals surface area contributed by atoms with E-state index in [0.717, 1.165) is 22.0 Å². The summed E-state index contributed by atoms with van der Waals surface area (Å²) in [6, 6.07) is 14.7. The van der Waals surface area contributed by atoms with Gasteiger partial charge in [-0.15, -0.1) is 0 Å². The normalized spacial score (nSPS) is 20.0. The fraction of sp³-hybridized carbons (Fsp3) is 0.429. The molecule has 2 aromatic carbocycles. The molecular weight excluding hydrogens is 456 g/mol. The molecule has 0 bridgehead atoms. The van der Waals surface area contributed by atoms with Crippen molar-refractivity contribution < 1.29 is 19.4 Å². The fourth-order valence-electron chi connectivity index (χ4n) is 5.31. The van der Waals surface area contributed by atoms with Gasteiger partial charge in [-0.1, -0.05) is 36.4 Å². The summed E-state index contributed by atoms with van der Waals surface area (Å²) >= 11 is 0. The molecule has 3 aromatic rings. The van der Waals surface area contributed by atoms with Crippen LogP contribution < -0.4 is 15.8 Å². The highest BCUT2D eigenvalue weighted by atomic mass is 16.5. The van der Waals surface area contributed by atoms with Crippen molar-refractivity contribution in [3.63, 3.8) is 0 Å². The lowest BCUT2D eigenvalue weighted by Crippen LogP contribution is -2.59. The van der Waals surface area contributed by atoms with Gasteiger partial charge in [-0.2, -0.15) is 0 Å². The molecule has 2 aliphatic rings. The molecule has 8 heteroatoms. The second kappa shape index (κ2) is 9.26. The molecule has 190 valence electrons. The molecule has 2 atom stereocenters. The average Bonchev–Trinajstić information content (AvgIpc) is 3.26. The third-order valence-corrected chi connectivity index (χ3v) is 7.44. The van der Waals surface area contributed by atoms with Crippen LogP contribution in [0.4, 0.5) is 0 Å². The smallest absolute Gasteiger partial charge is 0.245 e. The number of amides is 2. The lowest BCUT2D eigenvalue weighted by molar-refractivity contribution is -0.141. The highest BCUT2D eigenvalue weighted by Crippen LogP contribution is 2.44. The Morgan fingerprint density at radius 1 is 1.19 bits per heavy atom. The van der Waals surface area contributed by atoms with Crippen LogP contribution in [0.3, 0.4) is 0 Å². The second-order valence-electron chi connectivity index (χ2n) is 10.7. The van der Waals surface area contributed by atoms with Crippen molar-refractivity contribution in [2.45, 2.75) is 62.8 Å². The van der Waals surface area contributed by atoms with Crippen LogP contribution in [-0.2, 0) is 16.0 Å². The summed E-state index contributed by atoms with van der Waals surface area (Å²) < 4.78 is 6.37. The van der Waals surface area contributed by atoms with Gasteiger partial charge >= 0.3 is 0 Å². The largest absolute Gasteiger partial charge is 0.487 e. The van der Waals surface area contributed by atoms with Crippen LogP contribution in [0.2, 0.25) is 0 Å². The van der Waals surface area contributed by atoms with Gasteiger partial charge in [0.05, 0.1) is 11.6 Å². The molecule has 8 nitrogen and oxygen atoms in total. The Kier molecular flexibility index (Phi) is 6.26. The van der Waals surface area contributed by atoms with Crippen molar-refractivity contribution in [3.8, 4) is 5.75 Å². The zero-order chi connectivity index (χ0) is 25.5. The third kappa shape index (κ3) is 4.70. The highest BCUT2D eigenvalue weighted by molar-refractivity contribution is 5.92. The van der Waals surface area contributed by atoms with Gasteiger partial charge in [-0.05, 0) is 31.5 Å². The van der Waals surface area contributed by atoms with Gasteiger partial charge in [0.2, 0.25) is 11.8 Å². The zero-order valence-electron chi connectivity index (χ0n) is 20.8. The number of carbonyl (C=O) groups excluding carboxylic acids is 2. The summed E-state index contributed by atoms with van der Waals surface area (Å²) in [6.45, 7) is 4.23. The van der Waals surface area contributed by atoms with E-state index < -0.39 is 23.3 Å². The van der Waals surface area contributed by atoms with Crippen molar-refractivity contribution in [1.82, 2.24) is 15.2 Å². The van der Waals surface area contributed by atoms with E-state index in [1.807, 2.05) is 54.7 Å². The first-order chi connectivity index (χ1) is 17.2. The van der Waals surface area contributed by atoms with Gasteiger partial charge in [-0.3, -0.25) is 9.59 Å². The summed E-state index contributed by atoms with van der Waals surface area (Å²) in [7, 11) is 0. The number of aromatic amines is 1. The minimum Gasteiger partial charge on any atom is -0.487 e. The molecule has 0 saturated carbocycles. The van der Waals surface area contributed by atoms with Gasteiger partial charge < -0.3 is 30.8 Å². The number of para-hydroxylation sites is 2. The SMILES string of the molecule is CC(C)(N)C(=O)N[C@H](Cc1c[nH]c2ccccc12)C(=O)N1CCC2(CC1)C[C@H](O)c1ccccc1O2. The van der Waals surface area contributed by atoms with Gasteiger partial charge in [0, 0.05) is 61.4 Å². The first-order valence-electron chi connectivity index (χ1n) is 12.5. The first-order valence-corrected chi connectivity index (χ1v) is 12.5. The minimum absolute atomic E-state index is 0.135. The molecule has 1 spiro atoms. The number of hydrogen-bond acceptors (Lipinski definition) is 5. The maximum absolute atomic E-state index is 13.7.